The molecule has 0 spiro atoms. The normalized spacial score (nSPS) is 11.1. The first-order valence-electron chi connectivity index (χ1n) is 13.3. The van der Waals surface area contributed by atoms with Crippen molar-refractivity contribution in [2.45, 2.75) is 33.8 Å². The molecule has 2 aromatic heterocycles. The van der Waals surface area contributed by atoms with Gasteiger partial charge < -0.3 is 14.8 Å². The molecular weight excluding hydrogens is 556 g/mol. The van der Waals surface area contributed by atoms with Gasteiger partial charge in [-0.25, -0.2) is 9.78 Å². The Morgan fingerprint density at radius 3 is 2.44 bits per heavy atom. The maximum absolute atomic E-state index is 14.0. The Bertz CT molecular complexity index is 1740. The number of aromatic nitrogens is 1. The number of hydrogen-bond acceptors (Lipinski definition) is 6. The van der Waals surface area contributed by atoms with Gasteiger partial charge in [0.25, 0.3) is 5.91 Å². The number of amides is 1. The van der Waals surface area contributed by atoms with E-state index in [4.69, 9.17) is 26.1 Å². The van der Waals surface area contributed by atoms with Crippen molar-refractivity contribution < 1.29 is 19.1 Å². The molecule has 208 valence electrons. The topological polar surface area (TPSA) is 77.5 Å². The molecular formula is C33H29ClN2O4S. The van der Waals surface area contributed by atoms with Crippen LogP contribution in [0.15, 0.2) is 78.9 Å². The van der Waals surface area contributed by atoms with Gasteiger partial charge in [-0.3, -0.25) is 4.79 Å². The Kier molecular flexibility index (Phi) is 8.38. The summed E-state index contributed by atoms with van der Waals surface area (Å²) in [7, 11) is 0. The number of fused-ring (bicyclic) bond motifs is 1. The number of nitrogens with zero attached hydrogens (tertiary/aromatic N) is 1. The molecule has 1 amide bonds. The Hall–Kier alpha value is -4.20. The van der Waals surface area contributed by atoms with Crippen LogP contribution in [-0.4, -0.2) is 29.6 Å². The molecule has 6 nitrogen and oxygen atoms in total. The van der Waals surface area contributed by atoms with E-state index in [9.17, 15) is 9.59 Å². The van der Waals surface area contributed by atoms with Gasteiger partial charge in [0.1, 0.15) is 16.3 Å². The van der Waals surface area contributed by atoms with Crippen LogP contribution in [0.1, 0.15) is 46.4 Å². The monoisotopic (exact) mass is 584 g/mol. The highest BCUT2D eigenvalue weighted by atomic mass is 35.5. The van der Waals surface area contributed by atoms with Gasteiger partial charge in [-0.15, -0.1) is 11.3 Å². The van der Waals surface area contributed by atoms with E-state index < -0.39 is 5.97 Å². The predicted octanol–water partition coefficient (Wildman–Crippen LogP) is 8.81. The summed E-state index contributed by atoms with van der Waals surface area (Å²) in [5.74, 6) is -0.179. The average Bonchev–Trinajstić information content (AvgIpc) is 3.28. The quantitative estimate of drug-likeness (QED) is 0.184. The summed E-state index contributed by atoms with van der Waals surface area (Å²) in [6.07, 6.45) is -0.0300. The summed E-state index contributed by atoms with van der Waals surface area (Å²) >= 11 is 7.44. The molecule has 5 aromatic rings. The lowest BCUT2D eigenvalue weighted by molar-refractivity contribution is 0.0529. The number of carbonyl (C=O) groups is 2. The van der Waals surface area contributed by atoms with E-state index in [0.29, 0.717) is 49.1 Å². The van der Waals surface area contributed by atoms with E-state index in [2.05, 4.69) is 5.32 Å². The van der Waals surface area contributed by atoms with Gasteiger partial charge in [-0.1, -0.05) is 54.1 Å². The van der Waals surface area contributed by atoms with E-state index in [1.807, 2.05) is 81.4 Å². The SMILES string of the molecule is CCOC(=O)c1c(NC(=O)c2cc(-c3ccccc3OC(C)C)nc3ccccc23)sc(C)c1-c1ccc(Cl)cc1. The first-order chi connectivity index (χ1) is 19.8. The zero-order chi connectivity index (χ0) is 29.1. The van der Waals surface area contributed by atoms with Crippen molar-refractivity contribution in [2.75, 3.05) is 11.9 Å². The van der Waals surface area contributed by atoms with Gasteiger partial charge in [0, 0.05) is 26.4 Å². The number of anilines is 1. The zero-order valence-corrected chi connectivity index (χ0v) is 24.7. The third-order valence-corrected chi connectivity index (χ3v) is 7.68. The van der Waals surface area contributed by atoms with Gasteiger partial charge in [0.2, 0.25) is 0 Å². The number of rotatable bonds is 8. The van der Waals surface area contributed by atoms with Crippen molar-refractivity contribution in [3.63, 3.8) is 0 Å². The van der Waals surface area contributed by atoms with Crippen LogP contribution in [0.5, 0.6) is 5.75 Å². The molecule has 3 aromatic carbocycles. The summed E-state index contributed by atoms with van der Waals surface area (Å²) in [4.78, 5) is 32.9. The molecule has 0 saturated heterocycles. The maximum atomic E-state index is 14.0. The molecule has 0 bridgehead atoms. The molecule has 1 N–H and O–H groups in total. The van der Waals surface area contributed by atoms with Crippen LogP contribution in [0.4, 0.5) is 5.00 Å². The van der Waals surface area contributed by atoms with Crippen LogP contribution in [0.25, 0.3) is 33.3 Å². The van der Waals surface area contributed by atoms with E-state index in [1.54, 1.807) is 25.1 Å². The van der Waals surface area contributed by atoms with Crippen LogP contribution in [-0.2, 0) is 4.74 Å². The summed E-state index contributed by atoms with van der Waals surface area (Å²) in [6.45, 7) is 7.80. The second kappa shape index (κ2) is 12.1. The number of thiophene rings is 1. The molecule has 0 aliphatic rings. The summed E-state index contributed by atoms with van der Waals surface area (Å²) < 4.78 is 11.5. The number of carbonyl (C=O) groups excluding carboxylic acids is 2. The average molecular weight is 585 g/mol. The zero-order valence-electron chi connectivity index (χ0n) is 23.2. The smallest absolute Gasteiger partial charge is 0.341 e. The predicted molar refractivity (Wildman–Crippen MR) is 166 cm³/mol. The highest BCUT2D eigenvalue weighted by Gasteiger charge is 2.26. The van der Waals surface area contributed by atoms with Crippen molar-refractivity contribution >= 4 is 50.7 Å². The van der Waals surface area contributed by atoms with Crippen LogP contribution < -0.4 is 10.1 Å². The van der Waals surface area contributed by atoms with Crippen molar-refractivity contribution in [3.8, 4) is 28.1 Å². The maximum Gasteiger partial charge on any atom is 0.341 e. The van der Waals surface area contributed by atoms with E-state index >= 15 is 0 Å². The van der Waals surface area contributed by atoms with Crippen molar-refractivity contribution in [2.24, 2.45) is 0 Å². The number of para-hydroxylation sites is 2. The molecule has 2 heterocycles. The highest BCUT2D eigenvalue weighted by molar-refractivity contribution is 7.17. The van der Waals surface area contributed by atoms with Crippen LogP contribution in [0.2, 0.25) is 5.02 Å². The Labute approximate surface area is 247 Å². The lowest BCUT2D eigenvalue weighted by Crippen LogP contribution is -2.15. The number of pyridine rings is 1. The molecule has 0 aliphatic heterocycles. The first kappa shape index (κ1) is 28.3. The molecule has 0 saturated carbocycles. The van der Waals surface area contributed by atoms with Gasteiger partial charge in [0.05, 0.1) is 29.5 Å². The van der Waals surface area contributed by atoms with E-state index in [-0.39, 0.29) is 18.6 Å². The summed E-state index contributed by atoms with van der Waals surface area (Å²) in [5, 5.41) is 4.72. The second-order valence-electron chi connectivity index (χ2n) is 9.65. The molecule has 8 heteroatoms. The number of esters is 1. The van der Waals surface area contributed by atoms with Crippen molar-refractivity contribution in [1.29, 1.82) is 0 Å². The Morgan fingerprint density at radius 2 is 1.71 bits per heavy atom. The highest BCUT2D eigenvalue weighted by Crippen LogP contribution is 2.41. The van der Waals surface area contributed by atoms with Gasteiger partial charge in [-0.05, 0) is 69.7 Å². The fourth-order valence-corrected chi connectivity index (χ4v) is 5.89. The molecule has 0 fully saturated rings. The fourth-order valence-electron chi connectivity index (χ4n) is 4.70. The minimum atomic E-state index is -0.503. The minimum absolute atomic E-state index is 0.0300. The molecule has 0 atom stereocenters. The molecule has 41 heavy (non-hydrogen) atoms. The van der Waals surface area contributed by atoms with E-state index in [1.165, 1.54) is 11.3 Å². The van der Waals surface area contributed by atoms with E-state index in [0.717, 1.165) is 16.0 Å². The number of benzene rings is 3. The number of ether oxygens (including phenoxy) is 2. The molecule has 5 rings (SSSR count). The molecule has 0 aliphatic carbocycles. The number of halogens is 1. The lowest BCUT2D eigenvalue weighted by atomic mass is 10.0. The van der Waals surface area contributed by atoms with Gasteiger partial charge in [-0.2, -0.15) is 0 Å². The standard InChI is InChI=1S/C33H29ClN2O4S/c1-5-39-33(38)30-29(21-14-16-22(34)17-15-21)20(4)41-32(30)36-31(37)25-18-27(35-26-12-8-6-10-23(25)26)24-11-7-9-13-28(24)40-19(2)3/h6-19H,5H2,1-4H3,(H,36,37). The number of aryl methyl sites for hydroxylation is 1. The summed E-state index contributed by atoms with van der Waals surface area (Å²) in [6, 6.07) is 24.1. The van der Waals surface area contributed by atoms with Crippen LogP contribution in [0, 0.1) is 6.92 Å². The van der Waals surface area contributed by atoms with Crippen LogP contribution >= 0.6 is 22.9 Å². The van der Waals surface area contributed by atoms with Crippen molar-refractivity contribution in [3.05, 3.63) is 99.9 Å². The molecule has 0 unspecified atom stereocenters. The Morgan fingerprint density at radius 1 is 1.00 bits per heavy atom. The minimum Gasteiger partial charge on any atom is -0.490 e. The summed E-state index contributed by atoms with van der Waals surface area (Å²) in [5.41, 5.74) is 4.33. The van der Waals surface area contributed by atoms with Crippen molar-refractivity contribution in [1.82, 2.24) is 4.98 Å². The van der Waals surface area contributed by atoms with Gasteiger partial charge in [0.15, 0.2) is 0 Å². The third-order valence-electron chi connectivity index (χ3n) is 6.41. The Balaban J connectivity index is 1.61. The lowest BCUT2D eigenvalue weighted by Gasteiger charge is -2.15. The first-order valence-corrected chi connectivity index (χ1v) is 14.5. The number of nitrogens with one attached hydrogen (secondary N) is 1. The van der Waals surface area contributed by atoms with Gasteiger partial charge >= 0.3 is 5.97 Å². The second-order valence-corrected chi connectivity index (χ2v) is 11.3. The molecule has 0 radical (unpaired) electrons. The number of hydrogen-bond donors (Lipinski definition) is 1. The largest absolute Gasteiger partial charge is 0.490 e. The third kappa shape index (κ3) is 5.97. The van der Waals surface area contributed by atoms with Crippen LogP contribution in [0.3, 0.4) is 0 Å². The fraction of sp³-hybridized carbons (Fsp3) is 0.182.